The minimum absolute atomic E-state index is 0.292. The fourth-order valence-electron chi connectivity index (χ4n) is 2.86. The van der Waals surface area contributed by atoms with Crippen LogP contribution in [0.5, 0.6) is 0 Å². The molecule has 0 radical (unpaired) electrons. The Balaban J connectivity index is 1.89. The van der Waals surface area contributed by atoms with Crippen LogP contribution in [0.15, 0.2) is 0 Å². The second-order valence-corrected chi connectivity index (χ2v) is 4.44. The lowest BCUT2D eigenvalue weighted by Crippen LogP contribution is -2.59. The van der Waals surface area contributed by atoms with Gasteiger partial charge >= 0.3 is 0 Å². The zero-order valence-electron chi connectivity index (χ0n) is 8.30. The molecule has 0 aromatic rings. The van der Waals surface area contributed by atoms with Crippen LogP contribution in [0.2, 0.25) is 0 Å². The molecule has 72 valence electrons. The quantitative estimate of drug-likeness (QED) is 0.476. The highest BCUT2D eigenvalue weighted by Crippen LogP contribution is 2.63. The number of hydrogen-bond donors (Lipinski definition) is 0. The van der Waals surface area contributed by atoms with Crippen molar-refractivity contribution < 1.29 is 9.47 Å². The van der Waals surface area contributed by atoms with Gasteiger partial charge < -0.3 is 9.47 Å². The maximum absolute atomic E-state index is 5.35. The van der Waals surface area contributed by atoms with E-state index < -0.39 is 0 Å². The summed E-state index contributed by atoms with van der Waals surface area (Å²) in [5.74, 6) is 3.02. The molecule has 2 aliphatic carbocycles. The lowest BCUT2D eigenvalue weighted by Gasteiger charge is -2.60. The van der Waals surface area contributed by atoms with Crippen molar-refractivity contribution in [2.45, 2.75) is 31.5 Å². The van der Waals surface area contributed by atoms with Gasteiger partial charge in [-0.1, -0.05) is 0 Å². The Morgan fingerprint density at radius 3 is 2.15 bits per heavy atom. The number of rotatable bonds is 2. The molecular formula is C11H16O2. The molecule has 2 rings (SSSR count). The van der Waals surface area contributed by atoms with E-state index in [0.29, 0.717) is 11.3 Å². The van der Waals surface area contributed by atoms with E-state index in [-0.39, 0.29) is 5.79 Å². The van der Waals surface area contributed by atoms with Gasteiger partial charge in [-0.05, 0) is 18.3 Å². The maximum atomic E-state index is 5.35. The summed E-state index contributed by atoms with van der Waals surface area (Å²) in [7, 11) is 3.43. The lowest BCUT2D eigenvalue weighted by molar-refractivity contribution is -0.315. The van der Waals surface area contributed by atoms with Gasteiger partial charge in [-0.15, -0.1) is 12.3 Å². The zero-order chi connectivity index (χ0) is 9.53. The van der Waals surface area contributed by atoms with Crippen molar-refractivity contribution in [3.63, 3.8) is 0 Å². The van der Waals surface area contributed by atoms with Crippen molar-refractivity contribution in [2.24, 2.45) is 11.3 Å². The smallest absolute Gasteiger partial charge is 0.168 e. The second-order valence-electron chi connectivity index (χ2n) is 4.44. The van der Waals surface area contributed by atoms with E-state index in [2.05, 4.69) is 5.92 Å². The van der Waals surface area contributed by atoms with Crippen LogP contribution in [-0.2, 0) is 9.47 Å². The molecule has 1 spiro atoms. The van der Waals surface area contributed by atoms with Crippen LogP contribution in [0.25, 0.3) is 0 Å². The highest BCUT2D eigenvalue weighted by Gasteiger charge is 2.60. The third kappa shape index (κ3) is 1.19. The van der Waals surface area contributed by atoms with Crippen molar-refractivity contribution in [1.29, 1.82) is 0 Å². The molecule has 0 aliphatic heterocycles. The first-order valence-corrected chi connectivity index (χ1v) is 4.74. The fraction of sp³-hybridized carbons (Fsp3) is 0.818. The molecule has 0 N–H and O–H groups in total. The molecule has 0 aromatic carbocycles. The molecule has 2 fully saturated rings. The Kier molecular flexibility index (Phi) is 1.90. The van der Waals surface area contributed by atoms with Gasteiger partial charge in [-0.3, -0.25) is 0 Å². The van der Waals surface area contributed by atoms with Gasteiger partial charge in [0.2, 0.25) is 0 Å². The van der Waals surface area contributed by atoms with Crippen LogP contribution < -0.4 is 0 Å². The SMILES string of the molecule is C#CC1CC2(C1)CC(OC)(OC)C2. The van der Waals surface area contributed by atoms with Crippen molar-refractivity contribution in [3.8, 4) is 12.3 Å². The fourth-order valence-corrected chi connectivity index (χ4v) is 2.86. The van der Waals surface area contributed by atoms with Crippen molar-refractivity contribution >= 4 is 0 Å². The van der Waals surface area contributed by atoms with E-state index in [9.17, 15) is 0 Å². The van der Waals surface area contributed by atoms with E-state index in [4.69, 9.17) is 15.9 Å². The minimum Gasteiger partial charge on any atom is -0.353 e. The van der Waals surface area contributed by atoms with E-state index in [1.165, 1.54) is 0 Å². The summed E-state index contributed by atoms with van der Waals surface area (Å²) in [6.45, 7) is 0. The Morgan fingerprint density at radius 2 is 1.77 bits per heavy atom. The zero-order valence-corrected chi connectivity index (χ0v) is 8.30. The molecule has 2 saturated carbocycles. The van der Waals surface area contributed by atoms with Gasteiger partial charge in [0.25, 0.3) is 0 Å². The number of methoxy groups -OCH3 is 2. The summed E-state index contributed by atoms with van der Waals surface area (Å²) in [4.78, 5) is 0. The summed E-state index contributed by atoms with van der Waals surface area (Å²) in [6.07, 6.45) is 9.72. The summed E-state index contributed by atoms with van der Waals surface area (Å²) < 4.78 is 10.7. The summed E-state index contributed by atoms with van der Waals surface area (Å²) >= 11 is 0. The molecule has 0 unspecified atom stereocenters. The summed E-state index contributed by atoms with van der Waals surface area (Å²) in [5, 5.41) is 0. The molecule has 0 heterocycles. The average Bonchev–Trinajstić information content (AvgIpc) is 2.02. The van der Waals surface area contributed by atoms with Crippen molar-refractivity contribution in [3.05, 3.63) is 0 Å². The Bertz CT molecular complexity index is 231. The number of terminal acetylenes is 1. The van der Waals surface area contributed by atoms with E-state index in [1.807, 2.05) is 0 Å². The topological polar surface area (TPSA) is 18.5 Å². The highest BCUT2D eigenvalue weighted by molar-refractivity contribution is 5.14. The van der Waals surface area contributed by atoms with Gasteiger partial charge in [0.05, 0.1) is 0 Å². The Hall–Kier alpha value is -0.520. The molecule has 0 bridgehead atoms. The first kappa shape index (κ1) is 9.05. The number of hydrogen-bond acceptors (Lipinski definition) is 2. The standard InChI is InChI=1S/C11H16O2/c1-4-9-5-10(6-9)7-11(8-10,12-2)13-3/h1,9H,5-8H2,2-3H3. The lowest BCUT2D eigenvalue weighted by atomic mass is 9.49. The monoisotopic (exact) mass is 180 g/mol. The van der Waals surface area contributed by atoms with Crippen LogP contribution in [0, 0.1) is 23.7 Å². The van der Waals surface area contributed by atoms with E-state index >= 15 is 0 Å². The molecule has 0 atom stereocenters. The first-order valence-electron chi connectivity index (χ1n) is 4.74. The van der Waals surface area contributed by atoms with Crippen LogP contribution in [0.3, 0.4) is 0 Å². The highest BCUT2D eigenvalue weighted by atomic mass is 16.7. The minimum atomic E-state index is -0.292. The van der Waals surface area contributed by atoms with E-state index in [0.717, 1.165) is 25.7 Å². The van der Waals surface area contributed by atoms with E-state index in [1.54, 1.807) is 14.2 Å². The normalized spacial score (nSPS) is 29.0. The Labute approximate surface area is 79.6 Å². The van der Waals surface area contributed by atoms with Crippen LogP contribution in [-0.4, -0.2) is 20.0 Å². The van der Waals surface area contributed by atoms with Gasteiger partial charge in [0.1, 0.15) is 0 Å². The second kappa shape index (κ2) is 2.73. The van der Waals surface area contributed by atoms with Gasteiger partial charge in [0.15, 0.2) is 5.79 Å². The van der Waals surface area contributed by atoms with Crippen LogP contribution >= 0.6 is 0 Å². The molecule has 0 saturated heterocycles. The third-order valence-corrected chi connectivity index (χ3v) is 3.63. The molecule has 2 nitrogen and oxygen atoms in total. The van der Waals surface area contributed by atoms with Gasteiger partial charge in [-0.2, -0.15) is 0 Å². The molecule has 0 amide bonds. The number of ether oxygens (including phenoxy) is 2. The largest absolute Gasteiger partial charge is 0.353 e. The molecule has 13 heavy (non-hydrogen) atoms. The average molecular weight is 180 g/mol. The molecule has 2 heteroatoms. The molecular weight excluding hydrogens is 164 g/mol. The predicted molar refractivity (Wildman–Crippen MR) is 50.0 cm³/mol. The summed E-state index contributed by atoms with van der Waals surface area (Å²) in [5.41, 5.74) is 0.461. The predicted octanol–water partition coefficient (Wildman–Crippen LogP) is 1.80. The van der Waals surface area contributed by atoms with Gasteiger partial charge in [-0.25, -0.2) is 0 Å². The van der Waals surface area contributed by atoms with Gasteiger partial charge in [0, 0.05) is 33.0 Å². The Morgan fingerprint density at radius 1 is 1.23 bits per heavy atom. The molecule has 2 aliphatic rings. The summed E-state index contributed by atoms with van der Waals surface area (Å²) in [6, 6.07) is 0. The molecule has 0 aromatic heterocycles. The van der Waals surface area contributed by atoms with Crippen LogP contribution in [0.4, 0.5) is 0 Å². The van der Waals surface area contributed by atoms with Crippen molar-refractivity contribution in [2.75, 3.05) is 14.2 Å². The first-order chi connectivity index (χ1) is 6.17. The third-order valence-electron chi connectivity index (χ3n) is 3.63. The van der Waals surface area contributed by atoms with Crippen molar-refractivity contribution in [1.82, 2.24) is 0 Å². The van der Waals surface area contributed by atoms with Crippen LogP contribution in [0.1, 0.15) is 25.7 Å². The maximum Gasteiger partial charge on any atom is 0.168 e.